The summed E-state index contributed by atoms with van der Waals surface area (Å²) < 4.78 is 5.73. The lowest BCUT2D eigenvalue weighted by Gasteiger charge is -2.06. The topological polar surface area (TPSA) is 90.8 Å². The molecule has 0 saturated heterocycles. The summed E-state index contributed by atoms with van der Waals surface area (Å²) >= 11 is 7.05. The number of hydrogen-bond donors (Lipinski definition) is 2. The van der Waals surface area contributed by atoms with Crippen LogP contribution in [0.5, 0.6) is 5.75 Å². The highest BCUT2D eigenvalue weighted by atomic mass is 35.5. The lowest BCUT2D eigenvalue weighted by Crippen LogP contribution is -2.19. The number of nitrogens with one attached hydrogen (secondary N) is 2. The van der Waals surface area contributed by atoms with E-state index < -0.39 is 0 Å². The predicted molar refractivity (Wildman–Crippen MR) is 107 cm³/mol. The summed E-state index contributed by atoms with van der Waals surface area (Å²) in [5.41, 5.74) is 10.7. The molecular weight excluding hydrogens is 384 g/mol. The number of carbonyl (C=O) groups is 1. The number of carbonyl (C=O) groups excluding carboxylic acids is 1. The van der Waals surface area contributed by atoms with Crippen LogP contribution >= 0.6 is 22.9 Å². The number of ether oxygens (including phenoxy) is 1. The summed E-state index contributed by atoms with van der Waals surface area (Å²) in [6.45, 7) is 2.25. The minimum absolute atomic E-state index is 0.301. The molecule has 0 aliphatic rings. The molecule has 6 nitrogen and oxygen atoms in total. The number of benzene rings is 2. The Bertz CT molecular complexity index is 953. The summed E-state index contributed by atoms with van der Waals surface area (Å²) in [5.74, 6) is 0.441. The van der Waals surface area contributed by atoms with Crippen molar-refractivity contribution in [3.63, 3.8) is 0 Å². The molecule has 27 heavy (non-hydrogen) atoms. The number of anilines is 1. The number of nitrogens with zero attached hydrogens (tertiary/aromatic N) is 1. The van der Waals surface area contributed by atoms with Crippen molar-refractivity contribution in [3.8, 4) is 5.75 Å². The standard InChI is InChI=1S/C19H17ClN4O2S/c1-12-17(27-19(21)23-12)18(25)24-22-10-13-4-8-16(9-5-13)26-11-14-2-6-15(20)7-3-14/h2-10H,11H2,1H3,(H2,21,23)(H,24,25)/p+1. The molecule has 8 heteroatoms. The third kappa shape index (κ3) is 5.29. The van der Waals surface area contributed by atoms with Gasteiger partial charge in [0.2, 0.25) is 0 Å². The Morgan fingerprint density at radius 2 is 1.96 bits per heavy atom. The number of nitrogen functional groups attached to an aromatic ring is 1. The summed E-state index contributed by atoms with van der Waals surface area (Å²) in [7, 11) is 0. The maximum absolute atomic E-state index is 12.0. The molecule has 3 rings (SSSR count). The zero-order valence-corrected chi connectivity index (χ0v) is 16.1. The molecule has 0 spiro atoms. The second-order valence-electron chi connectivity index (χ2n) is 5.73. The van der Waals surface area contributed by atoms with E-state index in [1.54, 1.807) is 13.1 Å². The SMILES string of the molecule is Cc1[nH+]c(N)sc1C(=O)NN=Cc1ccc(OCc2ccc(Cl)cc2)cc1. The lowest BCUT2D eigenvalue weighted by molar-refractivity contribution is -0.363. The molecular formula is C19H18ClN4O2S+. The van der Waals surface area contributed by atoms with Crippen molar-refractivity contribution < 1.29 is 14.5 Å². The van der Waals surface area contributed by atoms with Crippen LogP contribution in [0.3, 0.4) is 0 Å². The summed E-state index contributed by atoms with van der Waals surface area (Å²) in [4.78, 5) is 15.4. The highest BCUT2D eigenvalue weighted by Crippen LogP contribution is 2.16. The Morgan fingerprint density at radius 3 is 2.59 bits per heavy atom. The first-order valence-corrected chi connectivity index (χ1v) is 9.29. The summed E-state index contributed by atoms with van der Waals surface area (Å²) in [5, 5.41) is 5.16. The molecule has 3 aromatic rings. The normalized spacial score (nSPS) is 10.9. The van der Waals surface area contributed by atoms with Crippen molar-refractivity contribution in [2.75, 3.05) is 5.73 Å². The smallest absolute Gasteiger partial charge is 0.330 e. The number of hydrogen-bond acceptors (Lipinski definition) is 5. The zero-order valence-electron chi connectivity index (χ0n) is 14.5. The third-order valence-electron chi connectivity index (χ3n) is 3.65. The number of nitrogens with two attached hydrogens (primary N) is 1. The molecule has 0 saturated carbocycles. The van der Waals surface area contributed by atoms with Gasteiger partial charge in [0, 0.05) is 5.02 Å². The van der Waals surface area contributed by atoms with Crippen LogP contribution in [0.2, 0.25) is 5.02 Å². The van der Waals surface area contributed by atoms with Crippen molar-refractivity contribution in [1.29, 1.82) is 0 Å². The molecule has 1 heterocycles. The van der Waals surface area contributed by atoms with Gasteiger partial charge in [-0.3, -0.25) is 10.5 Å². The van der Waals surface area contributed by atoms with Crippen LogP contribution in [0.1, 0.15) is 26.5 Å². The van der Waals surface area contributed by atoms with E-state index in [0.29, 0.717) is 27.3 Å². The number of aromatic amines is 1. The molecule has 0 bridgehead atoms. The molecule has 0 aliphatic carbocycles. The predicted octanol–water partition coefficient (Wildman–Crippen LogP) is 3.45. The number of rotatable bonds is 6. The Labute approximate surface area is 165 Å². The molecule has 2 aromatic carbocycles. The number of thiazole rings is 1. The molecule has 0 radical (unpaired) electrons. The Kier molecular flexibility index (Phi) is 6.05. The van der Waals surface area contributed by atoms with Crippen molar-refractivity contribution in [3.05, 3.63) is 75.3 Å². The third-order valence-corrected chi connectivity index (χ3v) is 4.92. The maximum atomic E-state index is 12.0. The van der Waals surface area contributed by atoms with E-state index in [9.17, 15) is 4.79 Å². The largest absolute Gasteiger partial charge is 0.489 e. The minimum Gasteiger partial charge on any atom is -0.489 e. The van der Waals surface area contributed by atoms with E-state index in [-0.39, 0.29) is 5.91 Å². The van der Waals surface area contributed by atoms with E-state index in [1.807, 2.05) is 48.5 Å². The molecule has 0 aliphatic heterocycles. The van der Waals surface area contributed by atoms with Gasteiger partial charge in [0.1, 0.15) is 22.9 Å². The number of aromatic nitrogens is 1. The monoisotopic (exact) mass is 401 g/mol. The molecule has 0 unspecified atom stereocenters. The number of halogens is 1. The van der Waals surface area contributed by atoms with Crippen LogP contribution in [-0.4, -0.2) is 12.1 Å². The van der Waals surface area contributed by atoms with E-state index in [4.69, 9.17) is 22.1 Å². The van der Waals surface area contributed by atoms with Gasteiger partial charge >= 0.3 is 5.13 Å². The fourth-order valence-electron chi connectivity index (χ4n) is 2.28. The number of aryl methyl sites for hydroxylation is 1. The van der Waals surface area contributed by atoms with Crippen molar-refractivity contribution in [2.24, 2.45) is 5.10 Å². The van der Waals surface area contributed by atoms with Gasteiger partial charge in [-0.15, -0.1) is 0 Å². The number of amides is 1. The average Bonchev–Trinajstić information content (AvgIpc) is 3.00. The van der Waals surface area contributed by atoms with Crippen LogP contribution in [-0.2, 0) is 6.61 Å². The molecule has 0 atom stereocenters. The maximum Gasteiger partial charge on any atom is 0.330 e. The van der Waals surface area contributed by atoms with Crippen LogP contribution < -0.4 is 20.9 Å². The Balaban J connectivity index is 1.52. The molecule has 0 fully saturated rings. The summed E-state index contributed by atoms with van der Waals surface area (Å²) in [6, 6.07) is 14.9. The van der Waals surface area contributed by atoms with Crippen LogP contribution in [0.25, 0.3) is 0 Å². The van der Waals surface area contributed by atoms with E-state index in [0.717, 1.165) is 16.9 Å². The lowest BCUT2D eigenvalue weighted by atomic mass is 10.2. The Hall–Kier alpha value is -2.90. The first kappa shape index (κ1) is 18.9. The average molecular weight is 402 g/mol. The molecule has 1 aromatic heterocycles. The minimum atomic E-state index is -0.301. The van der Waals surface area contributed by atoms with Gasteiger partial charge in [0.25, 0.3) is 5.91 Å². The molecule has 1 amide bonds. The van der Waals surface area contributed by atoms with Gasteiger partial charge < -0.3 is 4.74 Å². The van der Waals surface area contributed by atoms with Gasteiger partial charge in [0.15, 0.2) is 0 Å². The zero-order chi connectivity index (χ0) is 19.2. The highest BCUT2D eigenvalue weighted by molar-refractivity contribution is 7.16. The Morgan fingerprint density at radius 1 is 1.26 bits per heavy atom. The molecule has 138 valence electrons. The first-order chi connectivity index (χ1) is 13.0. The van der Waals surface area contributed by atoms with E-state index >= 15 is 0 Å². The second kappa shape index (κ2) is 8.66. The number of H-pyrrole nitrogens is 1. The van der Waals surface area contributed by atoms with Gasteiger partial charge in [-0.2, -0.15) is 5.10 Å². The summed E-state index contributed by atoms with van der Waals surface area (Å²) in [6.07, 6.45) is 1.57. The van der Waals surface area contributed by atoms with Crippen molar-refractivity contribution in [2.45, 2.75) is 13.5 Å². The van der Waals surface area contributed by atoms with E-state index in [1.165, 1.54) is 11.3 Å². The van der Waals surface area contributed by atoms with Gasteiger partial charge in [0.05, 0.1) is 6.21 Å². The number of hydrazone groups is 1. The quantitative estimate of drug-likeness (QED) is 0.489. The van der Waals surface area contributed by atoms with Crippen LogP contribution in [0, 0.1) is 6.92 Å². The van der Waals surface area contributed by atoms with Crippen LogP contribution in [0.4, 0.5) is 5.13 Å². The van der Waals surface area contributed by atoms with Crippen molar-refractivity contribution >= 4 is 40.2 Å². The van der Waals surface area contributed by atoms with Gasteiger partial charge in [-0.25, -0.2) is 10.4 Å². The van der Waals surface area contributed by atoms with Gasteiger partial charge in [-0.05, 0) is 65.8 Å². The first-order valence-electron chi connectivity index (χ1n) is 8.10. The second-order valence-corrected chi connectivity index (χ2v) is 7.22. The highest BCUT2D eigenvalue weighted by Gasteiger charge is 2.16. The fraction of sp³-hybridized carbons (Fsp3) is 0.105. The van der Waals surface area contributed by atoms with E-state index in [2.05, 4.69) is 15.5 Å². The fourth-order valence-corrected chi connectivity index (χ4v) is 3.18. The molecule has 4 N–H and O–H groups in total. The van der Waals surface area contributed by atoms with Crippen LogP contribution in [0.15, 0.2) is 53.6 Å². The van der Waals surface area contributed by atoms with Gasteiger partial charge in [-0.1, -0.05) is 23.7 Å². The van der Waals surface area contributed by atoms with Crippen molar-refractivity contribution in [1.82, 2.24) is 5.43 Å².